The van der Waals surface area contributed by atoms with E-state index in [9.17, 15) is 25.5 Å². The van der Waals surface area contributed by atoms with Crippen molar-refractivity contribution >= 4 is 11.8 Å². The number of fused-ring (bicyclic) bond motifs is 1. The highest BCUT2D eigenvalue weighted by Crippen LogP contribution is 2.44. The Morgan fingerprint density at radius 1 is 1.04 bits per heavy atom. The molecule has 1 aliphatic rings. The molecule has 0 fully saturated rings. The molecule has 0 amide bonds. The van der Waals surface area contributed by atoms with E-state index in [1.54, 1.807) is 6.07 Å². The highest BCUT2D eigenvalue weighted by Gasteiger charge is 2.33. The summed E-state index contributed by atoms with van der Waals surface area (Å²) in [5, 5.41) is 58.7. The van der Waals surface area contributed by atoms with Crippen molar-refractivity contribution in [3.8, 4) is 28.7 Å². The quantitative estimate of drug-likeness (QED) is 0.356. The fourth-order valence-corrected chi connectivity index (χ4v) is 3.56. The molecule has 0 aromatic heterocycles. The second kappa shape index (κ2) is 6.91. The summed E-state index contributed by atoms with van der Waals surface area (Å²) in [5.74, 6) is -0.430. The van der Waals surface area contributed by atoms with E-state index in [4.69, 9.17) is 9.84 Å². The molecule has 0 saturated heterocycles. The molecule has 0 bridgehead atoms. The smallest absolute Gasteiger partial charge is 0.171 e. The van der Waals surface area contributed by atoms with E-state index >= 15 is 0 Å². The third-order valence-corrected chi connectivity index (χ3v) is 4.95. The van der Waals surface area contributed by atoms with E-state index in [0.29, 0.717) is 21.8 Å². The average Bonchev–Trinajstić information content (AvgIpc) is 2.56. The number of benzene rings is 2. The van der Waals surface area contributed by atoms with Gasteiger partial charge in [-0.15, -0.1) is 11.8 Å². The van der Waals surface area contributed by atoms with E-state index in [1.165, 1.54) is 18.2 Å². The van der Waals surface area contributed by atoms with Gasteiger partial charge in [0.05, 0.1) is 17.6 Å². The molecule has 2 atom stereocenters. The van der Waals surface area contributed by atoms with Crippen LogP contribution in [0.2, 0.25) is 0 Å². The number of aliphatic hydroxyl groups excluding tert-OH is 2. The largest absolute Gasteiger partial charge is 0.508 e. The van der Waals surface area contributed by atoms with Gasteiger partial charge in [-0.25, -0.2) is 0 Å². The third kappa shape index (κ3) is 3.41. The van der Waals surface area contributed by atoms with Crippen LogP contribution in [-0.2, 0) is 6.42 Å². The molecule has 25 heavy (non-hydrogen) atoms. The normalized spacial score (nSPS) is 19.3. The van der Waals surface area contributed by atoms with Crippen LogP contribution in [0.25, 0.3) is 0 Å². The van der Waals surface area contributed by atoms with Gasteiger partial charge >= 0.3 is 0 Å². The van der Waals surface area contributed by atoms with Gasteiger partial charge in [-0.1, -0.05) is 0 Å². The lowest BCUT2D eigenvalue weighted by Crippen LogP contribution is -2.30. The fraction of sp³-hybridized carbons (Fsp3) is 0.294. The molecule has 3 rings (SSSR count). The molecule has 0 aliphatic carbocycles. The van der Waals surface area contributed by atoms with Crippen molar-refractivity contribution in [1.29, 1.82) is 0 Å². The van der Waals surface area contributed by atoms with Crippen molar-refractivity contribution < 1.29 is 35.4 Å². The van der Waals surface area contributed by atoms with Crippen molar-refractivity contribution in [1.82, 2.24) is 0 Å². The summed E-state index contributed by atoms with van der Waals surface area (Å²) in [6.45, 7) is -0.0937. The Hall–Kier alpha value is -2.29. The van der Waals surface area contributed by atoms with Gasteiger partial charge in [0.2, 0.25) is 0 Å². The van der Waals surface area contributed by atoms with Crippen molar-refractivity contribution in [2.45, 2.75) is 23.5 Å². The van der Waals surface area contributed by atoms with Crippen molar-refractivity contribution in [2.75, 3.05) is 12.4 Å². The Morgan fingerprint density at radius 3 is 2.52 bits per heavy atom. The van der Waals surface area contributed by atoms with E-state index in [1.807, 2.05) is 0 Å². The topological polar surface area (TPSA) is 131 Å². The van der Waals surface area contributed by atoms with Crippen LogP contribution < -0.4 is 4.74 Å². The van der Waals surface area contributed by atoms with Crippen LogP contribution in [0, 0.1) is 0 Å². The number of thioether (sulfide) groups is 1. The Kier molecular flexibility index (Phi) is 4.85. The van der Waals surface area contributed by atoms with Crippen LogP contribution in [0.15, 0.2) is 29.2 Å². The SMILES string of the molecule is OCCSc1cc([C@H]2Oc3cc(O)cc(O)c3C[C@H]2O)cc(O)c1O. The van der Waals surface area contributed by atoms with Gasteiger partial charge in [-0.05, 0) is 12.1 Å². The zero-order valence-corrected chi connectivity index (χ0v) is 13.9. The van der Waals surface area contributed by atoms with Crippen LogP contribution in [0.1, 0.15) is 17.2 Å². The molecule has 1 aliphatic heterocycles. The van der Waals surface area contributed by atoms with Gasteiger partial charge in [0.15, 0.2) is 17.6 Å². The van der Waals surface area contributed by atoms with Crippen LogP contribution in [0.5, 0.6) is 28.7 Å². The second-order valence-electron chi connectivity index (χ2n) is 5.71. The van der Waals surface area contributed by atoms with Gasteiger partial charge in [0.25, 0.3) is 0 Å². The number of phenols is 4. The maximum atomic E-state index is 10.4. The van der Waals surface area contributed by atoms with Gasteiger partial charge < -0.3 is 35.4 Å². The lowest BCUT2D eigenvalue weighted by molar-refractivity contribution is 0.0195. The first-order valence-electron chi connectivity index (χ1n) is 7.59. The third-order valence-electron chi connectivity index (χ3n) is 3.94. The number of rotatable bonds is 4. The molecule has 2 aromatic carbocycles. The Balaban J connectivity index is 1.97. The van der Waals surface area contributed by atoms with Gasteiger partial charge in [-0.3, -0.25) is 0 Å². The molecule has 7 nitrogen and oxygen atoms in total. The van der Waals surface area contributed by atoms with E-state index < -0.39 is 12.2 Å². The molecular formula is C17H18O7S. The average molecular weight is 366 g/mol. The van der Waals surface area contributed by atoms with Gasteiger partial charge in [-0.2, -0.15) is 0 Å². The first kappa shape index (κ1) is 17.5. The van der Waals surface area contributed by atoms with Crippen LogP contribution in [-0.4, -0.2) is 49.1 Å². The molecule has 0 saturated carbocycles. The second-order valence-corrected chi connectivity index (χ2v) is 6.85. The molecule has 8 heteroatoms. The van der Waals surface area contributed by atoms with Crippen molar-refractivity contribution in [3.63, 3.8) is 0 Å². The van der Waals surface area contributed by atoms with Gasteiger partial charge in [0.1, 0.15) is 17.2 Å². The molecule has 2 aromatic rings. The van der Waals surface area contributed by atoms with Crippen molar-refractivity contribution in [3.05, 3.63) is 35.4 Å². The summed E-state index contributed by atoms with van der Waals surface area (Å²) in [7, 11) is 0. The summed E-state index contributed by atoms with van der Waals surface area (Å²) in [5.41, 5.74) is 0.816. The molecule has 134 valence electrons. The molecule has 1 heterocycles. The lowest BCUT2D eigenvalue weighted by Gasteiger charge is -2.31. The summed E-state index contributed by atoms with van der Waals surface area (Å²) < 4.78 is 5.72. The fourth-order valence-electron chi connectivity index (χ4n) is 2.79. The summed E-state index contributed by atoms with van der Waals surface area (Å²) in [6, 6.07) is 5.37. The number of hydrogen-bond acceptors (Lipinski definition) is 8. The van der Waals surface area contributed by atoms with E-state index in [2.05, 4.69) is 0 Å². The standard InChI is InChI=1S/C17H18O7S/c18-1-2-25-15-4-8(3-12(21)16(15)23)17-13(22)7-10-11(20)5-9(19)6-14(10)24-17/h3-6,13,17-23H,1-2,7H2/t13-,17-/m1/s1. The predicted octanol–water partition coefficient (Wildman–Crippen LogP) is 1.63. The van der Waals surface area contributed by atoms with Crippen LogP contribution in [0.3, 0.4) is 0 Å². The minimum Gasteiger partial charge on any atom is -0.508 e. The molecule has 0 radical (unpaired) electrons. The molecule has 0 spiro atoms. The summed E-state index contributed by atoms with van der Waals surface area (Å²) >= 11 is 1.15. The lowest BCUT2D eigenvalue weighted by atomic mass is 9.94. The predicted molar refractivity (Wildman–Crippen MR) is 90.4 cm³/mol. The summed E-state index contributed by atoms with van der Waals surface area (Å²) in [4.78, 5) is 0.351. The van der Waals surface area contributed by atoms with Crippen LogP contribution >= 0.6 is 11.8 Å². The number of ether oxygens (including phenoxy) is 1. The maximum Gasteiger partial charge on any atom is 0.171 e. The molecular weight excluding hydrogens is 348 g/mol. The zero-order valence-electron chi connectivity index (χ0n) is 13.1. The first-order valence-corrected chi connectivity index (χ1v) is 8.58. The van der Waals surface area contributed by atoms with E-state index in [-0.39, 0.29) is 41.8 Å². The minimum atomic E-state index is -0.998. The Bertz CT molecular complexity index is 793. The summed E-state index contributed by atoms with van der Waals surface area (Å²) in [6.07, 6.45) is -1.75. The molecule has 6 N–H and O–H groups in total. The van der Waals surface area contributed by atoms with Gasteiger partial charge in [0, 0.05) is 35.4 Å². The van der Waals surface area contributed by atoms with Crippen molar-refractivity contribution in [2.24, 2.45) is 0 Å². The number of aromatic hydroxyl groups is 4. The number of phenolic OH excluding ortho intramolecular Hbond substituents is 4. The Labute approximate surface area is 147 Å². The zero-order chi connectivity index (χ0) is 18.1. The monoisotopic (exact) mass is 366 g/mol. The first-order chi connectivity index (χ1) is 11.9. The highest BCUT2D eigenvalue weighted by atomic mass is 32.2. The van der Waals surface area contributed by atoms with E-state index in [0.717, 1.165) is 11.8 Å². The molecule has 0 unspecified atom stereocenters. The highest BCUT2D eigenvalue weighted by molar-refractivity contribution is 7.99. The number of hydrogen-bond donors (Lipinski definition) is 6. The van der Waals surface area contributed by atoms with Crippen LogP contribution in [0.4, 0.5) is 0 Å². The maximum absolute atomic E-state index is 10.4. The Morgan fingerprint density at radius 2 is 1.80 bits per heavy atom. The minimum absolute atomic E-state index is 0.0937. The number of aliphatic hydroxyl groups is 2.